The summed E-state index contributed by atoms with van der Waals surface area (Å²) in [5.41, 5.74) is 0.883. The molecule has 0 aliphatic rings. The molecule has 0 bridgehead atoms. The number of methoxy groups -OCH3 is 1. The van der Waals surface area contributed by atoms with Gasteiger partial charge in [0.25, 0.3) is 11.6 Å². The van der Waals surface area contributed by atoms with Crippen LogP contribution in [-0.4, -0.2) is 36.5 Å². The molecule has 2 aromatic carbocycles. The summed E-state index contributed by atoms with van der Waals surface area (Å²) in [7, 11) is 3.26. The Hall–Kier alpha value is -3.09. The molecule has 24 heavy (non-hydrogen) atoms. The van der Waals surface area contributed by atoms with Gasteiger partial charge in [0.05, 0.1) is 18.1 Å². The van der Waals surface area contributed by atoms with Crippen LogP contribution in [-0.2, 0) is 11.3 Å². The number of likely N-dealkylation sites (N-methyl/N-ethyl adjacent to an activating group) is 1. The highest BCUT2D eigenvalue weighted by molar-refractivity contribution is 5.77. The van der Waals surface area contributed by atoms with Crippen molar-refractivity contribution >= 4 is 11.6 Å². The van der Waals surface area contributed by atoms with Gasteiger partial charge in [0.15, 0.2) is 6.61 Å². The third kappa shape index (κ3) is 4.70. The SMILES string of the molecule is COc1ccc(CN(C)C(=O)COc2cccc([N+](=O)[O-])c2)cc1. The number of nitro groups is 1. The van der Waals surface area contributed by atoms with Crippen LogP contribution in [0.5, 0.6) is 11.5 Å². The van der Waals surface area contributed by atoms with E-state index in [4.69, 9.17) is 9.47 Å². The third-order valence-corrected chi connectivity index (χ3v) is 3.40. The Kier molecular flexibility index (Phi) is 5.73. The van der Waals surface area contributed by atoms with E-state index in [-0.39, 0.29) is 24.0 Å². The molecule has 0 unspecified atom stereocenters. The van der Waals surface area contributed by atoms with Crippen LogP contribution < -0.4 is 9.47 Å². The number of hydrogen-bond donors (Lipinski definition) is 0. The fourth-order valence-electron chi connectivity index (χ4n) is 2.04. The number of nitro benzene ring substituents is 1. The Morgan fingerprint density at radius 3 is 2.50 bits per heavy atom. The minimum atomic E-state index is -0.509. The predicted octanol–water partition coefficient (Wildman–Crippen LogP) is 2.64. The lowest BCUT2D eigenvalue weighted by molar-refractivity contribution is -0.384. The van der Waals surface area contributed by atoms with E-state index in [2.05, 4.69) is 0 Å². The molecule has 0 aliphatic carbocycles. The number of nitrogens with zero attached hydrogens (tertiary/aromatic N) is 2. The standard InChI is InChI=1S/C17H18N2O5/c1-18(11-13-6-8-15(23-2)9-7-13)17(20)12-24-16-5-3-4-14(10-16)19(21)22/h3-10H,11-12H2,1-2H3. The highest BCUT2D eigenvalue weighted by atomic mass is 16.6. The van der Waals surface area contributed by atoms with Crippen molar-refractivity contribution in [2.75, 3.05) is 20.8 Å². The van der Waals surface area contributed by atoms with Crippen LogP contribution >= 0.6 is 0 Å². The van der Waals surface area contributed by atoms with Crippen molar-refractivity contribution in [2.45, 2.75) is 6.54 Å². The lowest BCUT2D eigenvalue weighted by atomic mass is 10.2. The summed E-state index contributed by atoms with van der Waals surface area (Å²) >= 11 is 0. The van der Waals surface area contributed by atoms with Crippen molar-refractivity contribution in [3.63, 3.8) is 0 Å². The zero-order valence-electron chi connectivity index (χ0n) is 13.5. The second kappa shape index (κ2) is 7.96. The van der Waals surface area contributed by atoms with Crippen LogP contribution in [0.4, 0.5) is 5.69 Å². The number of carbonyl (C=O) groups is 1. The largest absolute Gasteiger partial charge is 0.497 e. The van der Waals surface area contributed by atoms with Gasteiger partial charge in [-0.25, -0.2) is 0 Å². The smallest absolute Gasteiger partial charge is 0.273 e. The molecular formula is C17H18N2O5. The Balaban J connectivity index is 1.89. The van der Waals surface area contributed by atoms with Gasteiger partial charge in [0.2, 0.25) is 0 Å². The van der Waals surface area contributed by atoms with Gasteiger partial charge in [0, 0.05) is 19.7 Å². The van der Waals surface area contributed by atoms with Crippen molar-refractivity contribution in [3.05, 3.63) is 64.2 Å². The zero-order valence-corrected chi connectivity index (χ0v) is 13.5. The third-order valence-electron chi connectivity index (χ3n) is 3.40. The van der Waals surface area contributed by atoms with Gasteiger partial charge in [0.1, 0.15) is 11.5 Å². The summed E-state index contributed by atoms with van der Waals surface area (Å²) in [6.07, 6.45) is 0. The summed E-state index contributed by atoms with van der Waals surface area (Å²) < 4.78 is 10.4. The van der Waals surface area contributed by atoms with E-state index >= 15 is 0 Å². The van der Waals surface area contributed by atoms with E-state index in [1.54, 1.807) is 20.2 Å². The molecule has 0 saturated carbocycles. The van der Waals surface area contributed by atoms with Gasteiger partial charge in [-0.1, -0.05) is 18.2 Å². The van der Waals surface area contributed by atoms with Gasteiger partial charge in [-0.05, 0) is 23.8 Å². The highest BCUT2D eigenvalue weighted by Crippen LogP contribution is 2.19. The fraction of sp³-hybridized carbons (Fsp3) is 0.235. The van der Waals surface area contributed by atoms with E-state index in [0.29, 0.717) is 6.54 Å². The lowest BCUT2D eigenvalue weighted by Crippen LogP contribution is -2.30. The highest BCUT2D eigenvalue weighted by Gasteiger charge is 2.12. The number of benzene rings is 2. The van der Waals surface area contributed by atoms with Crippen LogP contribution in [0.2, 0.25) is 0 Å². The number of hydrogen-bond acceptors (Lipinski definition) is 5. The van der Waals surface area contributed by atoms with Crippen molar-refractivity contribution in [2.24, 2.45) is 0 Å². The quantitative estimate of drug-likeness (QED) is 0.576. The second-order valence-electron chi connectivity index (χ2n) is 5.14. The maximum atomic E-state index is 12.1. The molecule has 2 rings (SSSR count). The average molecular weight is 330 g/mol. The molecule has 7 nitrogen and oxygen atoms in total. The van der Waals surface area contributed by atoms with E-state index < -0.39 is 4.92 Å². The van der Waals surface area contributed by atoms with E-state index in [9.17, 15) is 14.9 Å². The zero-order chi connectivity index (χ0) is 17.5. The van der Waals surface area contributed by atoms with Crippen molar-refractivity contribution < 1.29 is 19.2 Å². The minimum Gasteiger partial charge on any atom is -0.497 e. The fourth-order valence-corrected chi connectivity index (χ4v) is 2.04. The Morgan fingerprint density at radius 2 is 1.88 bits per heavy atom. The Morgan fingerprint density at radius 1 is 1.17 bits per heavy atom. The summed E-state index contributed by atoms with van der Waals surface area (Å²) in [4.78, 5) is 23.8. The van der Waals surface area contributed by atoms with Crippen molar-refractivity contribution in [3.8, 4) is 11.5 Å². The van der Waals surface area contributed by atoms with E-state index in [1.807, 2.05) is 24.3 Å². The molecule has 0 spiro atoms. The van der Waals surface area contributed by atoms with Gasteiger partial charge >= 0.3 is 0 Å². The summed E-state index contributed by atoms with van der Waals surface area (Å²) in [5, 5.41) is 10.7. The molecule has 0 radical (unpaired) electrons. The normalized spacial score (nSPS) is 10.1. The minimum absolute atomic E-state index is 0.0773. The second-order valence-corrected chi connectivity index (χ2v) is 5.14. The van der Waals surface area contributed by atoms with Gasteiger partial charge in [-0.2, -0.15) is 0 Å². The molecule has 0 heterocycles. The maximum absolute atomic E-state index is 12.1. The van der Waals surface area contributed by atoms with Gasteiger partial charge < -0.3 is 14.4 Å². The van der Waals surface area contributed by atoms with E-state index in [1.165, 1.54) is 23.1 Å². The van der Waals surface area contributed by atoms with Gasteiger partial charge in [-0.3, -0.25) is 14.9 Å². The Bertz CT molecular complexity index is 715. The number of amides is 1. The van der Waals surface area contributed by atoms with Crippen LogP contribution in [0.25, 0.3) is 0 Å². The van der Waals surface area contributed by atoms with Gasteiger partial charge in [-0.15, -0.1) is 0 Å². The first-order chi connectivity index (χ1) is 11.5. The first-order valence-corrected chi connectivity index (χ1v) is 7.23. The van der Waals surface area contributed by atoms with E-state index in [0.717, 1.165) is 11.3 Å². The molecule has 0 N–H and O–H groups in total. The molecule has 7 heteroatoms. The monoisotopic (exact) mass is 330 g/mol. The van der Waals surface area contributed by atoms with Crippen LogP contribution in [0.3, 0.4) is 0 Å². The predicted molar refractivity (Wildman–Crippen MR) is 88.1 cm³/mol. The van der Waals surface area contributed by atoms with Crippen molar-refractivity contribution in [1.82, 2.24) is 4.90 Å². The molecule has 0 atom stereocenters. The molecule has 0 fully saturated rings. The first kappa shape index (κ1) is 17.3. The number of non-ortho nitro benzene ring substituents is 1. The maximum Gasteiger partial charge on any atom is 0.273 e. The average Bonchev–Trinajstić information content (AvgIpc) is 2.60. The molecular weight excluding hydrogens is 312 g/mol. The van der Waals surface area contributed by atoms with Crippen LogP contribution in [0.1, 0.15) is 5.56 Å². The molecule has 0 aliphatic heterocycles. The summed E-state index contributed by atoms with van der Waals surface area (Å²) in [6, 6.07) is 13.2. The lowest BCUT2D eigenvalue weighted by Gasteiger charge is -2.17. The number of rotatable bonds is 7. The molecule has 2 aromatic rings. The van der Waals surface area contributed by atoms with Crippen LogP contribution in [0.15, 0.2) is 48.5 Å². The number of carbonyl (C=O) groups excluding carboxylic acids is 1. The Labute approximate surface area is 139 Å². The number of ether oxygens (including phenoxy) is 2. The molecule has 0 aromatic heterocycles. The summed E-state index contributed by atoms with van der Waals surface area (Å²) in [6.45, 7) is 0.245. The molecule has 0 saturated heterocycles. The first-order valence-electron chi connectivity index (χ1n) is 7.23. The van der Waals surface area contributed by atoms with Crippen molar-refractivity contribution in [1.29, 1.82) is 0 Å². The molecule has 126 valence electrons. The summed E-state index contributed by atoms with van der Waals surface area (Å²) in [5.74, 6) is 0.814. The topological polar surface area (TPSA) is 81.9 Å². The van der Waals surface area contributed by atoms with Crippen LogP contribution in [0, 0.1) is 10.1 Å². The molecule has 1 amide bonds.